The summed E-state index contributed by atoms with van der Waals surface area (Å²) in [6.45, 7) is 5.51. The number of rotatable bonds is 7. The first-order valence-electron chi connectivity index (χ1n) is 6.63. The van der Waals surface area contributed by atoms with Crippen molar-refractivity contribution in [3.05, 3.63) is 22.7 Å². The lowest BCUT2D eigenvalue weighted by Gasteiger charge is -2.25. The van der Waals surface area contributed by atoms with E-state index in [1.54, 1.807) is 19.1 Å². The summed E-state index contributed by atoms with van der Waals surface area (Å²) in [5.41, 5.74) is -1.10. The maximum atomic E-state index is 12.4. The number of aliphatic hydroxyl groups is 1. The van der Waals surface area contributed by atoms with Crippen molar-refractivity contribution in [2.75, 3.05) is 13.7 Å². The third-order valence-electron chi connectivity index (χ3n) is 2.91. The molecule has 0 radical (unpaired) electrons. The van der Waals surface area contributed by atoms with Gasteiger partial charge in [-0.1, -0.05) is 29.8 Å². The van der Waals surface area contributed by atoms with Gasteiger partial charge >= 0.3 is 0 Å². The van der Waals surface area contributed by atoms with E-state index in [-0.39, 0.29) is 23.1 Å². The molecule has 0 heterocycles. The fourth-order valence-electron chi connectivity index (χ4n) is 2.14. The predicted molar refractivity (Wildman–Crippen MR) is 86.0 cm³/mol. The van der Waals surface area contributed by atoms with Gasteiger partial charge in [-0.3, -0.25) is 0 Å². The molecule has 0 spiro atoms. The van der Waals surface area contributed by atoms with E-state index in [9.17, 15) is 13.5 Å². The topological polar surface area (TPSA) is 75.6 Å². The summed E-state index contributed by atoms with van der Waals surface area (Å²) in [6, 6.07) is 4.75. The molecule has 0 fully saturated rings. The van der Waals surface area contributed by atoms with Crippen LogP contribution in [0.1, 0.15) is 27.2 Å². The van der Waals surface area contributed by atoms with Crippen LogP contribution in [-0.4, -0.2) is 32.8 Å². The van der Waals surface area contributed by atoms with Crippen molar-refractivity contribution in [1.82, 2.24) is 4.72 Å². The fraction of sp³-hybridized carbons (Fsp3) is 0.571. The van der Waals surface area contributed by atoms with Crippen molar-refractivity contribution in [3.63, 3.8) is 0 Å². The molecule has 0 aliphatic heterocycles. The minimum Gasteiger partial charge on any atom is -0.495 e. The van der Waals surface area contributed by atoms with E-state index in [1.165, 1.54) is 13.2 Å². The Balaban J connectivity index is 2.95. The SMILES string of the molecule is COc1ccc(Br)cc1S(=O)(=O)NCC(C)(O)CC(C)C. The molecule has 1 rings (SSSR count). The Kier molecular flexibility index (Phi) is 6.22. The molecule has 1 unspecified atom stereocenters. The molecule has 0 aliphatic carbocycles. The van der Waals surface area contributed by atoms with Gasteiger partial charge in [-0.2, -0.15) is 0 Å². The second-order valence-electron chi connectivity index (χ2n) is 5.71. The number of hydrogen-bond acceptors (Lipinski definition) is 4. The quantitative estimate of drug-likeness (QED) is 0.762. The smallest absolute Gasteiger partial charge is 0.244 e. The van der Waals surface area contributed by atoms with Gasteiger partial charge in [0.1, 0.15) is 10.6 Å². The summed E-state index contributed by atoms with van der Waals surface area (Å²) in [4.78, 5) is 0.0414. The second kappa shape index (κ2) is 7.09. The van der Waals surface area contributed by atoms with E-state index in [0.717, 1.165) is 0 Å². The van der Waals surface area contributed by atoms with Crippen molar-refractivity contribution in [1.29, 1.82) is 0 Å². The van der Waals surface area contributed by atoms with Gasteiger partial charge < -0.3 is 9.84 Å². The van der Waals surface area contributed by atoms with Crippen molar-refractivity contribution < 1.29 is 18.3 Å². The van der Waals surface area contributed by atoms with Gasteiger partial charge in [-0.25, -0.2) is 13.1 Å². The van der Waals surface area contributed by atoms with E-state index in [2.05, 4.69) is 20.7 Å². The highest BCUT2D eigenvalue weighted by Gasteiger charge is 2.26. The molecular weight excluding hydrogens is 358 g/mol. The Morgan fingerprint density at radius 3 is 2.57 bits per heavy atom. The average molecular weight is 380 g/mol. The average Bonchev–Trinajstić information content (AvgIpc) is 2.35. The van der Waals surface area contributed by atoms with Crippen LogP contribution in [0.2, 0.25) is 0 Å². The van der Waals surface area contributed by atoms with Crippen molar-refractivity contribution in [2.24, 2.45) is 5.92 Å². The highest BCUT2D eigenvalue weighted by Crippen LogP contribution is 2.27. The van der Waals surface area contributed by atoms with Gasteiger partial charge in [-0.15, -0.1) is 0 Å². The summed E-state index contributed by atoms with van der Waals surface area (Å²) in [5.74, 6) is 0.527. The normalized spacial score (nSPS) is 15.0. The molecule has 1 aromatic carbocycles. The van der Waals surface area contributed by atoms with Gasteiger partial charge in [0, 0.05) is 11.0 Å². The first-order valence-corrected chi connectivity index (χ1v) is 8.90. The van der Waals surface area contributed by atoms with Crippen LogP contribution in [-0.2, 0) is 10.0 Å². The molecule has 120 valence electrons. The number of hydrogen-bond donors (Lipinski definition) is 2. The number of halogens is 1. The van der Waals surface area contributed by atoms with Crippen LogP contribution >= 0.6 is 15.9 Å². The zero-order valence-electron chi connectivity index (χ0n) is 12.7. The van der Waals surface area contributed by atoms with Crippen LogP contribution in [0.25, 0.3) is 0 Å². The molecule has 5 nitrogen and oxygen atoms in total. The van der Waals surface area contributed by atoms with Crippen molar-refractivity contribution in [3.8, 4) is 5.75 Å². The first kappa shape index (κ1) is 18.4. The van der Waals surface area contributed by atoms with E-state index in [1.807, 2.05) is 13.8 Å². The molecule has 1 aromatic rings. The predicted octanol–water partition coefficient (Wildman–Crippen LogP) is 2.53. The zero-order chi connectivity index (χ0) is 16.3. The number of methoxy groups -OCH3 is 1. The maximum absolute atomic E-state index is 12.4. The fourth-order valence-corrected chi connectivity index (χ4v) is 4.01. The lowest BCUT2D eigenvalue weighted by Crippen LogP contribution is -2.41. The largest absolute Gasteiger partial charge is 0.495 e. The molecule has 0 saturated heterocycles. The first-order chi connectivity index (χ1) is 9.57. The molecule has 0 aliphatic rings. The van der Waals surface area contributed by atoms with Crippen LogP contribution in [0.3, 0.4) is 0 Å². The van der Waals surface area contributed by atoms with Gasteiger partial charge in [-0.05, 0) is 37.5 Å². The monoisotopic (exact) mass is 379 g/mol. The molecule has 7 heteroatoms. The van der Waals surface area contributed by atoms with Crippen molar-refractivity contribution >= 4 is 26.0 Å². The third-order valence-corrected chi connectivity index (χ3v) is 4.82. The molecule has 0 amide bonds. The summed E-state index contributed by atoms with van der Waals surface area (Å²) < 4.78 is 32.9. The Bertz CT molecular complexity index is 585. The molecule has 0 bridgehead atoms. The van der Waals surface area contributed by atoms with Crippen LogP contribution in [0.5, 0.6) is 5.75 Å². The van der Waals surface area contributed by atoms with Gasteiger partial charge in [0.15, 0.2) is 0 Å². The number of sulfonamides is 1. The van der Waals surface area contributed by atoms with Gasteiger partial charge in [0.2, 0.25) is 10.0 Å². The summed E-state index contributed by atoms with van der Waals surface area (Å²) in [6.07, 6.45) is 0.505. The van der Waals surface area contributed by atoms with E-state index >= 15 is 0 Å². The minimum absolute atomic E-state index is 0.0414. The van der Waals surface area contributed by atoms with E-state index in [4.69, 9.17) is 4.74 Å². The lowest BCUT2D eigenvalue weighted by molar-refractivity contribution is 0.0436. The molecule has 0 aromatic heterocycles. The van der Waals surface area contributed by atoms with Crippen LogP contribution < -0.4 is 9.46 Å². The Labute approximate surface area is 134 Å². The lowest BCUT2D eigenvalue weighted by atomic mass is 9.95. The molecule has 2 N–H and O–H groups in total. The second-order valence-corrected chi connectivity index (χ2v) is 8.37. The van der Waals surface area contributed by atoms with Crippen LogP contribution in [0.4, 0.5) is 0 Å². The molecular formula is C14H22BrNO4S. The van der Waals surface area contributed by atoms with E-state index < -0.39 is 15.6 Å². The van der Waals surface area contributed by atoms with Crippen LogP contribution in [0, 0.1) is 5.92 Å². The molecule has 1 atom stereocenters. The number of nitrogens with one attached hydrogen (secondary N) is 1. The summed E-state index contributed by atoms with van der Waals surface area (Å²) in [5, 5.41) is 10.2. The third kappa shape index (κ3) is 5.58. The summed E-state index contributed by atoms with van der Waals surface area (Å²) >= 11 is 3.24. The van der Waals surface area contributed by atoms with Crippen LogP contribution in [0.15, 0.2) is 27.6 Å². The number of ether oxygens (including phenoxy) is 1. The van der Waals surface area contributed by atoms with E-state index in [0.29, 0.717) is 10.9 Å². The molecule has 21 heavy (non-hydrogen) atoms. The highest BCUT2D eigenvalue weighted by molar-refractivity contribution is 9.10. The number of benzene rings is 1. The summed E-state index contributed by atoms with van der Waals surface area (Å²) in [7, 11) is -2.35. The Hall–Kier alpha value is -0.630. The van der Waals surface area contributed by atoms with Gasteiger partial charge in [0.05, 0.1) is 12.7 Å². The minimum atomic E-state index is -3.76. The molecule has 0 saturated carbocycles. The Morgan fingerprint density at radius 2 is 2.05 bits per heavy atom. The standard InChI is InChI=1S/C14H22BrNO4S/c1-10(2)8-14(3,17)9-16-21(18,19)13-7-11(15)5-6-12(13)20-4/h5-7,10,16-17H,8-9H2,1-4H3. The zero-order valence-corrected chi connectivity index (χ0v) is 15.1. The Morgan fingerprint density at radius 1 is 1.43 bits per heavy atom. The maximum Gasteiger partial charge on any atom is 0.244 e. The van der Waals surface area contributed by atoms with Gasteiger partial charge in [0.25, 0.3) is 0 Å². The highest BCUT2D eigenvalue weighted by atomic mass is 79.9. The van der Waals surface area contributed by atoms with Crippen molar-refractivity contribution in [2.45, 2.75) is 37.7 Å².